The number of carboxylic acid groups (broad SMARTS) is 4. The SMILES string of the molecule is Cc1cccc(Nc2ccccc2C(=O)[O-])c1C.Cc1cccc(Nc2ccccc2C(=O)[O-])c1C.Cc1cccc(Nc2ccccc2C(=O)[O-])c1C.Cc1cccc(Nc2ccccc2C(=O)[O-])c1C.[Mn+2].[Mn+2].c1ccc(Nc2ccccn2)nc1.c1ccc(Nc2ccccn2)nc1. The van der Waals surface area contributed by atoms with Gasteiger partial charge in [0.1, 0.15) is 23.3 Å². The Hall–Kier alpha value is -11.9. The standard InChI is InChI=1S/4C15H15NO2.2C10H9N3.2Mn/c4*1-10-6-5-9-13(11(10)2)16-14-8-4-3-7-12(14)15(17)18;2*1-3-7-11-9(5-1)13-10-6-2-4-8-12-10;;/h4*3-9,16H,1-2H3,(H,17,18);2*1-8H,(H,11,12,13);;/q;;;;;;2*+2/p-4. The van der Waals surface area contributed by atoms with E-state index >= 15 is 0 Å². The molecule has 2 radical (unpaired) electrons. The Labute approximate surface area is 604 Å². The zero-order valence-electron chi connectivity index (χ0n) is 56.2. The fraction of sp³-hybridized carbons (Fsp3) is 0.100. The van der Waals surface area contributed by atoms with Crippen molar-refractivity contribution >= 4 is 92.6 Å². The van der Waals surface area contributed by atoms with Crippen molar-refractivity contribution in [3.05, 3.63) is 334 Å². The minimum Gasteiger partial charge on any atom is -0.545 e. The molecule has 0 bridgehead atoms. The van der Waals surface area contributed by atoms with Crippen molar-refractivity contribution in [2.24, 2.45) is 0 Å². The van der Waals surface area contributed by atoms with Crippen molar-refractivity contribution in [2.75, 3.05) is 31.9 Å². The van der Waals surface area contributed by atoms with E-state index in [0.29, 0.717) is 22.7 Å². The fourth-order valence-corrected chi connectivity index (χ4v) is 9.22. The van der Waals surface area contributed by atoms with Crippen LogP contribution in [0.5, 0.6) is 0 Å². The predicted octanol–water partition coefficient (Wildman–Crippen LogP) is 14.1. The molecule has 12 rings (SSSR count). The quantitative estimate of drug-likeness (QED) is 0.0490. The number of anilines is 12. The average molecular weight is 1410 g/mol. The van der Waals surface area contributed by atoms with Crippen molar-refractivity contribution in [3.8, 4) is 0 Å². The third-order valence-electron chi connectivity index (χ3n) is 15.3. The van der Waals surface area contributed by atoms with Gasteiger partial charge < -0.3 is 71.5 Å². The molecule has 0 unspecified atom stereocenters. The van der Waals surface area contributed by atoms with Crippen LogP contribution in [0, 0.1) is 55.4 Å². The van der Waals surface area contributed by atoms with E-state index in [9.17, 15) is 39.6 Å². The number of rotatable bonds is 16. The van der Waals surface area contributed by atoms with Crippen molar-refractivity contribution in [1.82, 2.24) is 19.9 Å². The van der Waals surface area contributed by atoms with Crippen LogP contribution in [-0.4, -0.2) is 43.8 Å². The third-order valence-corrected chi connectivity index (χ3v) is 15.3. The van der Waals surface area contributed by atoms with Crippen molar-refractivity contribution in [2.45, 2.75) is 55.4 Å². The molecular formula is C80H74Mn2N10O8. The van der Waals surface area contributed by atoms with Crippen molar-refractivity contribution in [3.63, 3.8) is 0 Å². The van der Waals surface area contributed by atoms with Gasteiger partial charge in [-0.3, -0.25) is 0 Å². The van der Waals surface area contributed by atoms with Gasteiger partial charge in [0, 0.05) is 92.5 Å². The summed E-state index contributed by atoms with van der Waals surface area (Å²) in [5.74, 6) is -1.48. The van der Waals surface area contributed by atoms with Crippen LogP contribution in [0.4, 0.5) is 68.8 Å². The number of benzene rings is 8. The van der Waals surface area contributed by atoms with Crippen LogP contribution in [0.3, 0.4) is 0 Å². The Morgan fingerprint density at radius 1 is 0.230 bits per heavy atom. The second-order valence-electron chi connectivity index (χ2n) is 21.9. The van der Waals surface area contributed by atoms with E-state index in [1.54, 1.807) is 97.6 Å². The van der Waals surface area contributed by atoms with Gasteiger partial charge in [-0.05, 0) is 197 Å². The molecule has 0 atom stereocenters. The Morgan fingerprint density at radius 3 is 0.590 bits per heavy atom. The Morgan fingerprint density at radius 2 is 0.410 bits per heavy atom. The van der Waals surface area contributed by atoms with Crippen LogP contribution >= 0.6 is 0 Å². The Balaban J connectivity index is 0.000000216. The predicted molar refractivity (Wildman–Crippen MR) is 383 cm³/mol. The maximum absolute atomic E-state index is 11.0. The summed E-state index contributed by atoms with van der Waals surface area (Å²) in [5.41, 5.74) is 15.5. The largest absolute Gasteiger partial charge is 2.00 e. The first-order valence-electron chi connectivity index (χ1n) is 31.0. The zero-order chi connectivity index (χ0) is 70.3. The summed E-state index contributed by atoms with van der Waals surface area (Å²) in [6.45, 7) is 16.1. The van der Waals surface area contributed by atoms with Gasteiger partial charge >= 0.3 is 34.1 Å². The number of para-hydroxylation sites is 4. The van der Waals surface area contributed by atoms with Crippen LogP contribution in [0.15, 0.2) is 267 Å². The van der Waals surface area contributed by atoms with Gasteiger partial charge in [-0.15, -0.1) is 0 Å². The van der Waals surface area contributed by atoms with E-state index in [4.69, 9.17) is 0 Å². The smallest absolute Gasteiger partial charge is 0.545 e. The maximum atomic E-state index is 11.0. The third kappa shape index (κ3) is 24.3. The number of aryl methyl sites for hydroxylation is 4. The molecule has 0 fully saturated rings. The summed E-state index contributed by atoms with van der Waals surface area (Å²) in [7, 11) is 0. The van der Waals surface area contributed by atoms with E-state index in [1.165, 1.54) is 24.3 Å². The number of aromatic carboxylic acids is 4. The molecule has 0 aliphatic carbocycles. The number of aromatic nitrogens is 4. The van der Waals surface area contributed by atoms with E-state index < -0.39 is 23.9 Å². The summed E-state index contributed by atoms with van der Waals surface area (Å²) in [5, 5.41) is 62.8. The van der Waals surface area contributed by atoms with E-state index in [0.717, 1.165) is 90.5 Å². The molecule has 0 amide bonds. The molecule has 8 aromatic carbocycles. The number of carboxylic acids is 4. The Bertz CT molecular complexity index is 4020. The van der Waals surface area contributed by atoms with Gasteiger partial charge in [-0.25, -0.2) is 19.9 Å². The van der Waals surface area contributed by atoms with Crippen LogP contribution in [-0.2, 0) is 34.1 Å². The number of pyridine rings is 4. The van der Waals surface area contributed by atoms with Gasteiger partial charge in [0.15, 0.2) is 0 Å². The van der Waals surface area contributed by atoms with Gasteiger partial charge in [-0.2, -0.15) is 0 Å². The first kappa shape index (κ1) is 78.8. The molecule has 12 aromatic rings. The number of hydrogen-bond acceptors (Lipinski definition) is 18. The minimum absolute atomic E-state index is 0. The summed E-state index contributed by atoms with van der Waals surface area (Å²) in [4.78, 5) is 60.5. The second-order valence-corrected chi connectivity index (χ2v) is 21.9. The normalized spacial score (nSPS) is 9.76. The first-order valence-corrected chi connectivity index (χ1v) is 31.0. The molecule has 4 heterocycles. The second kappa shape index (κ2) is 40.6. The Kier molecular flexibility index (Phi) is 32.0. The average Bonchev–Trinajstić information content (AvgIpc) is 0.858. The van der Waals surface area contributed by atoms with Gasteiger partial charge in [0.25, 0.3) is 0 Å². The molecule has 18 nitrogen and oxygen atoms in total. The first-order chi connectivity index (χ1) is 47.3. The van der Waals surface area contributed by atoms with Crippen molar-refractivity contribution in [1.29, 1.82) is 0 Å². The molecule has 20 heteroatoms. The fourth-order valence-electron chi connectivity index (χ4n) is 9.22. The summed E-state index contributed by atoms with van der Waals surface area (Å²) in [6, 6.07) is 73.3. The van der Waals surface area contributed by atoms with Gasteiger partial charge in [0.2, 0.25) is 0 Å². The number of nitrogens with zero attached hydrogens (tertiary/aromatic N) is 4. The molecule has 506 valence electrons. The van der Waals surface area contributed by atoms with E-state index in [1.807, 2.05) is 201 Å². The summed E-state index contributed by atoms with van der Waals surface area (Å²) >= 11 is 0. The van der Waals surface area contributed by atoms with Gasteiger partial charge in [-0.1, -0.05) is 146 Å². The molecule has 100 heavy (non-hydrogen) atoms. The zero-order valence-corrected chi connectivity index (χ0v) is 58.6. The molecule has 0 saturated heterocycles. The minimum atomic E-state index is -1.18. The van der Waals surface area contributed by atoms with Gasteiger partial charge in [0.05, 0.1) is 23.9 Å². The molecule has 0 spiro atoms. The molecule has 0 aliphatic heterocycles. The molecule has 4 aromatic heterocycles. The van der Waals surface area contributed by atoms with Crippen LogP contribution in [0.25, 0.3) is 0 Å². The number of carbonyl (C=O) groups excluding carboxylic acids is 4. The van der Waals surface area contributed by atoms with Crippen molar-refractivity contribution < 1.29 is 73.7 Å². The molecule has 6 N–H and O–H groups in total. The van der Waals surface area contributed by atoms with Crippen LogP contribution in [0.2, 0.25) is 0 Å². The number of hydrogen-bond donors (Lipinski definition) is 6. The number of carbonyl (C=O) groups is 4. The molecular weight excluding hydrogens is 1340 g/mol. The monoisotopic (exact) mass is 1410 g/mol. The van der Waals surface area contributed by atoms with Crippen LogP contribution < -0.4 is 52.3 Å². The number of nitrogens with one attached hydrogen (secondary N) is 6. The topological polar surface area (TPSA) is 284 Å². The summed E-state index contributed by atoms with van der Waals surface area (Å²) < 4.78 is 0. The molecule has 0 saturated carbocycles. The van der Waals surface area contributed by atoms with E-state index in [-0.39, 0.29) is 56.4 Å². The molecule has 0 aliphatic rings. The van der Waals surface area contributed by atoms with E-state index in [2.05, 4.69) is 51.8 Å². The van der Waals surface area contributed by atoms with Crippen LogP contribution in [0.1, 0.15) is 85.9 Å². The summed E-state index contributed by atoms with van der Waals surface area (Å²) in [6.07, 6.45) is 6.97. The maximum Gasteiger partial charge on any atom is 2.00 e.